The molecule has 1 aromatic rings. The molecule has 0 N–H and O–H groups in total. The quantitative estimate of drug-likeness (QED) is 0.456. The summed E-state index contributed by atoms with van der Waals surface area (Å²) in [6.45, 7) is 3.16. The lowest BCUT2D eigenvalue weighted by Gasteiger charge is -2.29. The zero-order valence-electron chi connectivity index (χ0n) is 11.6. The predicted molar refractivity (Wildman–Crippen MR) is 81.9 cm³/mol. The van der Waals surface area contributed by atoms with E-state index in [1.165, 1.54) is 0 Å². The Morgan fingerprint density at radius 3 is 2.85 bits per heavy atom. The van der Waals surface area contributed by atoms with Crippen LogP contribution in [0.4, 0.5) is 15.8 Å². The first-order chi connectivity index (χ1) is 9.72. The summed E-state index contributed by atoms with van der Waals surface area (Å²) in [4.78, 5) is 14.1. The number of rotatable bonds is 6. The second-order valence-electron chi connectivity index (χ2n) is 4.76. The first-order valence-electron chi connectivity index (χ1n) is 6.74. The maximum Gasteiger partial charge on any atom is 0.293 e. The van der Waals surface area contributed by atoms with Crippen molar-refractivity contribution in [3.8, 4) is 0 Å². The van der Waals surface area contributed by atoms with Crippen LogP contribution < -0.4 is 9.80 Å². The van der Waals surface area contributed by atoms with Gasteiger partial charge in [0.1, 0.15) is 12.4 Å². The average molecular weight is 298 g/mol. The SMILES string of the molecule is CN(CCOC=O)c1ccc(N2CCPCC2)c(F)c1. The van der Waals surface area contributed by atoms with E-state index in [2.05, 4.69) is 9.64 Å². The van der Waals surface area contributed by atoms with Gasteiger partial charge in [-0.05, 0) is 30.5 Å². The lowest BCUT2D eigenvalue weighted by atomic mass is 10.2. The van der Waals surface area contributed by atoms with Crippen molar-refractivity contribution < 1.29 is 13.9 Å². The maximum absolute atomic E-state index is 14.2. The molecule has 0 saturated carbocycles. The molecule has 0 unspecified atom stereocenters. The van der Waals surface area contributed by atoms with Crippen LogP contribution in [-0.2, 0) is 9.53 Å². The Morgan fingerprint density at radius 2 is 2.20 bits per heavy atom. The van der Waals surface area contributed by atoms with Crippen molar-refractivity contribution in [3.05, 3.63) is 24.0 Å². The average Bonchev–Trinajstić information content (AvgIpc) is 2.48. The Balaban J connectivity index is 2.02. The van der Waals surface area contributed by atoms with Crippen LogP contribution in [-0.4, -0.2) is 52.1 Å². The van der Waals surface area contributed by atoms with E-state index in [4.69, 9.17) is 0 Å². The van der Waals surface area contributed by atoms with Gasteiger partial charge in [0.2, 0.25) is 0 Å². The van der Waals surface area contributed by atoms with Crippen LogP contribution in [0.5, 0.6) is 0 Å². The highest BCUT2D eigenvalue weighted by molar-refractivity contribution is 7.38. The van der Waals surface area contributed by atoms with Gasteiger partial charge in [0.15, 0.2) is 0 Å². The minimum absolute atomic E-state index is 0.184. The molecule has 0 aliphatic carbocycles. The molecule has 1 heterocycles. The second kappa shape index (κ2) is 7.44. The molecule has 1 aliphatic heterocycles. The van der Waals surface area contributed by atoms with E-state index in [1.54, 1.807) is 6.07 Å². The first-order valence-corrected chi connectivity index (χ1v) is 8.15. The van der Waals surface area contributed by atoms with Crippen LogP contribution in [0.25, 0.3) is 0 Å². The Hall–Kier alpha value is -1.35. The van der Waals surface area contributed by atoms with E-state index in [0.29, 0.717) is 25.3 Å². The lowest BCUT2D eigenvalue weighted by molar-refractivity contribution is -0.128. The van der Waals surface area contributed by atoms with Gasteiger partial charge in [-0.2, -0.15) is 0 Å². The third-order valence-electron chi connectivity index (χ3n) is 3.44. The number of carbonyl (C=O) groups excluding carboxylic acids is 1. The van der Waals surface area contributed by atoms with E-state index in [1.807, 2.05) is 24.1 Å². The van der Waals surface area contributed by atoms with Crippen LogP contribution >= 0.6 is 8.58 Å². The Morgan fingerprint density at radius 1 is 1.45 bits per heavy atom. The van der Waals surface area contributed by atoms with Gasteiger partial charge in [0, 0.05) is 25.8 Å². The fourth-order valence-corrected chi connectivity index (χ4v) is 3.37. The Kier molecular flexibility index (Phi) is 5.60. The molecule has 6 heteroatoms. The maximum atomic E-state index is 14.2. The number of hydrogen-bond acceptors (Lipinski definition) is 4. The van der Waals surface area contributed by atoms with Gasteiger partial charge in [-0.15, -0.1) is 8.58 Å². The van der Waals surface area contributed by atoms with Crippen molar-refractivity contribution in [2.45, 2.75) is 0 Å². The molecule has 0 aromatic heterocycles. The van der Waals surface area contributed by atoms with Crippen LogP contribution in [0, 0.1) is 5.82 Å². The molecule has 2 rings (SSSR count). The smallest absolute Gasteiger partial charge is 0.293 e. The number of hydrogen-bond donors (Lipinski definition) is 0. The van der Waals surface area contributed by atoms with E-state index in [9.17, 15) is 9.18 Å². The van der Waals surface area contributed by atoms with Crippen molar-refractivity contribution in [1.29, 1.82) is 0 Å². The van der Waals surface area contributed by atoms with Gasteiger partial charge in [0.25, 0.3) is 6.47 Å². The summed E-state index contributed by atoms with van der Waals surface area (Å²) in [6.07, 6.45) is 2.31. The van der Waals surface area contributed by atoms with Crippen molar-refractivity contribution in [2.24, 2.45) is 0 Å². The van der Waals surface area contributed by atoms with Crippen LogP contribution in [0.1, 0.15) is 0 Å². The third kappa shape index (κ3) is 3.83. The number of halogens is 1. The van der Waals surface area contributed by atoms with Crippen molar-refractivity contribution in [2.75, 3.05) is 55.4 Å². The highest BCUT2D eigenvalue weighted by Crippen LogP contribution is 2.27. The molecule has 4 nitrogen and oxygen atoms in total. The van der Waals surface area contributed by atoms with Crippen molar-refractivity contribution >= 4 is 26.4 Å². The number of ether oxygens (including phenoxy) is 1. The molecule has 1 saturated heterocycles. The topological polar surface area (TPSA) is 32.8 Å². The van der Waals surface area contributed by atoms with Crippen LogP contribution in [0.2, 0.25) is 0 Å². The Bertz CT molecular complexity index is 453. The lowest BCUT2D eigenvalue weighted by Crippen LogP contribution is -2.32. The molecular weight excluding hydrogens is 278 g/mol. The van der Waals surface area contributed by atoms with E-state index in [-0.39, 0.29) is 5.82 Å². The van der Waals surface area contributed by atoms with Gasteiger partial charge in [0.05, 0.1) is 12.2 Å². The predicted octanol–water partition coefficient (Wildman–Crippen LogP) is 1.93. The molecule has 0 amide bonds. The van der Waals surface area contributed by atoms with Crippen molar-refractivity contribution in [3.63, 3.8) is 0 Å². The number of anilines is 2. The first kappa shape index (κ1) is 15.0. The van der Waals surface area contributed by atoms with E-state index >= 15 is 0 Å². The number of carbonyl (C=O) groups is 1. The fraction of sp³-hybridized carbons (Fsp3) is 0.500. The highest BCUT2D eigenvalue weighted by atomic mass is 31.1. The summed E-state index contributed by atoms with van der Waals surface area (Å²) >= 11 is 0. The van der Waals surface area contributed by atoms with Crippen molar-refractivity contribution in [1.82, 2.24) is 0 Å². The van der Waals surface area contributed by atoms with Gasteiger partial charge < -0.3 is 14.5 Å². The number of likely N-dealkylation sites (N-methyl/N-ethyl adjacent to an activating group) is 1. The summed E-state index contributed by atoms with van der Waals surface area (Å²) in [5.41, 5.74) is 1.48. The van der Waals surface area contributed by atoms with E-state index < -0.39 is 0 Å². The molecule has 1 aromatic carbocycles. The summed E-state index contributed by atoms with van der Waals surface area (Å²) in [5.74, 6) is -0.184. The molecule has 0 atom stereocenters. The molecule has 0 bridgehead atoms. The third-order valence-corrected chi connectivity index (χ3v) is 4.60. The molecule has 20 heavy (non-hydrogen) atoms. The Labute approximate surface area is 120 Å². The molecule has 0 radical (unpaired) electrons. The number of benzene rings is 1. The van der Waals surface area contributed by atoms with Crippen LogP contribution in [0.15, 0.2) is 18.2 Å². The summed E-state index contributed by atoms with van der Waals surface area (Å²) in [7, 11) is 2.86. The minimum Gasteiger partial charge on any atom is -0.466 e. The van der Waals surface area contributed by atoms with Gasteiger partial charge >= 0.3 is 0 Å². The monoisotopic (exact) mass is 298 g/mol. The van der Waals surface area contributed by atoms with Gasteiger partial charge in [-0.3, -0.25) is 4.79 Å². The number of nitrogens with zero attached hydrogens (tertiary/aromatic N) is 2. The molecule has 1 aliphatic rings. The molecule has 0 spiro atoms. The second-order valence-corrected chi connectivity index (χ2v) is 6.26. The minimum atomic E-state index is -0.184. The van der Waals surface area contributed by atoms with Gasteiger partial charge in [-0.25, -0.2) is 4.39 Å². The van der Waals surface area contributed by atoms with Gasteiger partial charge in [-0.1, -0.05) is 0 Å². The normalized spacial score (nSPS) is 15.0. The zero-order chi connectivity index (χ0) is 14.4. The summed E-state index contributed by atoms with van der Waals surface area (Å²) in [5, 5.41) is 0. The largest absolute Gasteiger partial charge is 0.466 e. The zero-order valence-corrected chi connectivity index (χ0v) is 12.6. The summed E-state index contributed by atoms with van der Waals surface area (Å²) < 4.78 is 18.9. The standard InChI is InChI=1S/C14H20FN2O2P/c1-16(4-7-19-11-18)12-2-3-14(13(15)10-12)17-5-8-20-9-6-17/h2-3,10-11,20H,4-9H2,1H3. The molecular formula is C14H20FN2O2P. The van der Waals surface area contributed by atoms with E-state index in [0.717, 1.165) is 39.7 Å². The molecule has 1 fully saturated rings. The fourth-order valence-electron chi connectivity index (χ4n) is 2.26. The summed E-state index contributed by atoms with van der Waals surface area (Å²) in [6, 6.07) is 5.31. The van der Waals surface area contributed by atoms with Crippen LogP contribution in [0.3, 0.4) is 0 Å². The highest BCUT2D eigenvalue weighted by Gasteiger charge is 2.15. The molecule has 110 valence electrons.